The van der Waals surface area contributed by atoms with Crippen molar-refractivity contribution in [3.8, 4) is 11.5 Å². The van der Waals surface area contributed by atoms with E-state index in [-0.39, 0.29) is 11.1 Å². The molecule has 19 heavy (non-hydrogen) atoms. The first-order valence-electron chi connectivity index (χ1n) is 6.04. The summed E-state index contributed by atoms with van der Waals surface area (Å²) in [6.07, 6.45) is 3.50. The average Bonchev–Trinajstić information content (AvgIpc) is 3.00. The maximum Gasteiger partial charge on any atom is 0.255 e. The molecule has 2 rings (SSSR count). The highest BCUT2D eigenvalue weighted by atomic mass is 32.2. The molecule has 0 radical (unpaired) electrons. The Morgan fingerprint density at radius 3 is 2.42 bits per heavy atom. The van der Waals surface area contributed by atoms with Crippen LogP contribution in [0, 0.1) is 0 Å². The SMILES string of the molecule is CC(C)(C)Oc1cc(S(N)(=O)=O)ncc1OC1CC1. The van der Waals surface area contributed by atoms with E-state index in [0.717, 1.165) is 12.8 Å². The second-order valence-electron chi connectivity index (χ2n) is 5.55. The summed E-state index contributed by atoms with van der Waals surface area (Å²) in [7, 11) is -3.86. The topological polar surface area (TPSA) is 91.5 Å². The van der Waals surface area contributed by atoms with Gasteiger partial charge in [-0.15, -0.1) is 0 Å². The molecule has 0 aliphatic heterocycles. The van der Waals surface area contributed by atoms with Crippen LogP contribution in [-0.4, -0.2) is 25.1 Å². The molecule has 6 nitrogen and oxygen atoms in total. The van der Waals surface area contributed by atoms with Gasteiger partial charge in [0, 0.05) is 6.07 Å². The molecule has 1 aliphatic carbocycles. The van der Waals surface area contributed by atoms with Gasteiger partial charge in [-0.25, -0.2) is 18.5 Å². The molecule has 1 saturated carbocycles. The Hall–Kier alpha value is -1.34. The smallest absolute Gasteiger partial charge is 0.255 e. The molecule has 0 amide bonds. The molecule has 2 N–H and O–H groups in total. The van der Waals surface area contributed by atoms with E-state index < -0.39 is 15.6 Å². The number of nitrogens with two attached hydrogens (primary N) is 1. The highest BCUT2D eigenvalue weighted by Gasteiger charge is 2.27. The molecule has 0 spiro atoms. The maximum atomic E-state index is 11.3. The van der Waals surface area contributed by atoms with Gasteiger partial charge in [0.15, 0.2) is 16.5 Å². The van der Waals surface area contributed by atoms with E-state index in [0.29, 0.717) is 11.5 Å². The molecule has 1 aliphatic rings. The molecule has 0 unspecified atom stereocenters. The highest BCUT2D eigenvalue weighted by molar-refractivity contribution is 7.89. The zero-order valence-electron chi connectivity index (χ0n) is 11.2. The van der Waals surface area contributed by atoms with Crippen molar-refractivity contribution in [2.75, 3.05) is 0 Å². The minimum atomic E-state index is -3.86. The van der Waals surface area contributed by atoms with Gasteiger partial charge in [0.1, 0.15) is 5.60 Å². The zero-order valence-corrected chi connectivity index (χ0v) is 12.0. The van der Waals surface area contributed by atoms with E-state index >= 15 is 0 Å². The molecule has 0 bridgehead atoms. The summed E-state index contributed by atoms with van der Waals surface area (Å²) in [5.74, 6) is 0.795. The van der Waals surface area contributed by atoms with Crippen molar-refractivity contribution in [3.05, 3.63) is 12.3 Å². The molecular formula is C12H18N2O4S. The standard InChI is InChI=1S/C12H18N2O4S/c1-12(2,3)18-9-6-11(19(13,15)16)14-7-10(9)17-8-4-5-8/h6-8H,4-5H2,1-3H3,(H2,13,15,16). The van der Waals surface area contributed by atoms with Crippen LogP contribution in [0.4, 0.5) is 0 Å². The van der Waals surface area contributed by atoms with Gasteiger partial charge in [-0.1, -0.05) is 0 Å². The van der Waals surface area contributed by atoms with E-state index in [9.17, 15) is 8.42 Å². The normalized spacial score (nSPS) is 16.2. The number of rotatable bonds is 4. The van der Waals surface area contributed by atoms with Crippen molar-refractivity contribution in [1.29, 1.82) is 0 Å². The van der Waals surface area contributed by atoms with Crippen molar-refractivity contribution in [2.45, 2.75) is 50.3 Å². The molecule has 1 aromatic rings. The maximum absolute atomic E-state index is 11.3. The van der Waals surface area contributed by atoms with Crippen LogP contribution in [0.25, 0.3) is 0 Å². The number of ether oxygens (including phenoxy) is 2. The Kier molecular flexibility index (Phi) is 3.44. The highest BCUT2D eigenvalue weighted by Crippen LogP contribution is 2.35. The number of aromatic nitrogens is 1. The predicted molar refractivity (Wildman–Crippen MR) is 69.6 cm³/mol. The van der Waals surface area contributed by atoms with E-state index in [2.05, 4.69) is 4.98 Å². The van der Waals surface area contributed by atoms with Crippen LogP contribution >= 0.6 is 0 Å². The molecule has 0 atom stereocenters. The van der Waals surface area contributed by atoms with Gasteiger partial charge in [-0.2, -0.15) is 0 Å². The number of pyridine rings is 1. The molecule has 0 saturated heterocycles. The third kappa shape index (κ3) is 4.07. The molecule has 1 heterocycles. The number of primary sulfonamides is 1. The first-order valence-corrected chi connectivity index (χ1v) is 7.58. The molecule has 1 fully saturated rings. The minimum absolute atomic E-state index is 0.171. The molecule has 7 heteroatoms. The molecule has 0 aromatic carbocycles. The monoisotopic (exact) mass is 286 g/mol. The third-order valence-corrected chi connectivity index (χ3v) is 3.14. The molecule has 106 valence electrons. The van der Waals surface area contributed by atoms with Crippen molar-refractivity contribution >= 4 is 10.0 Å². The van der Waals surface area contributed by atoms with Crippen LogP contribution in [-0.2, 0) is 10.0 Å². The van der Waals surface area contributed by atoms with Crippen LogP contribution in [0.5, 0.6) is 11.5 Å². The summed E-state index contributed by atoms with van der Waals surface area (Å²) < 4.78 is 34.0. The van der Waals surface area contributed by atoms with Crippen molar-refractivity contribution in [3.63, 3.8) is 0 Å². The van der Waals surface area contributed by atoms with Crippen molar-refractivity contribution < 1.29 is 17.9 Å². The van der Waals surface area contributed by atoms with Crippen LogP contribution < -0.4 is 14.6 Å². The van der Waals surface area contributed by atoms with Crippen LogP contribution in [0.1, 0.15) is 33.6 Å². The van der Waals surface area contributed by atoms with Gasteiger partial charge >= 0.3 is 0 Å². The van der Waals surface area contributed by atoms with Crippen molar-refractivity contribution in [2.24, 2.45) is 5.14 Å². The number of hydrogen-bond acceptors (Lipinski definition) is 5. The number of hydrogen-bond donors (Lipinski definition) is 1. The summed E-state index contributed by atoms with van der Waals surface area (Å²) >= 11 is 0. The summed E-state index contributed by atoms with van der Waals surface area (Å²) in [4.78, 5) is 3.80. The number of sulfonamides is 1. The Morgan fingerprint density at radius 2 is 1.95 bits per heavy atom. The summed E-state index contributed by atoms with van der Waals surface area (Å²) in [6, 6.07) is 1.30. The summed E-state index contributed by atoms with van der Waals surface area (Å²) in [6.45, 7) is 5.60. The van der Waals surface area contributed by atoms with Crippen LogP contribution in [0.2, 0.25) is 0 Å². The van der Waals surface area contributed by atoms with Gasteiger partial charge in [0.25, 0.3) is 10.0 Å². The second-order valence-corrected chi connectivity index (χ2v) is 7.05. The van der Waals surface area contributed by atoms with E-state index in [1.54, 1.807) is 0 Å². The lowest BCUT2D eigenvalue weighted by atomic mass is 10.2. The van der Waals surface area contributed by atoms with E-state index in [4.69, 9.17) is 14.6 Å². The van der Waals surface area contributed by atoms with Gasteiger partial charge < -0.3 is 9.47 Å². The number of nitrogens with zero attached hydrogens (tertiary/aromatic N) is 1. The Balaban J connectivity index is 2.37. The fourth-order valence-corrected chi connectivity index (χ4v) is 1.90. The van der Waals surface area contributed by atoms with Crippen LogP contribution in [0.3, 0.4) is 0 Å². The lowest BCUT2D eigenvalue weighted by Crippen LogP contribution is -2.24. The second kappa shape index (κ2) is 4.64. The zero-order chi connectivity index (χ0) is 14.3. The summed E-state index contributed by atoms with van der Waals surface area (Å²) in [5.41, 5.74) is -0.474. The first-order chi connectivity index (χ1) is 8.65. The lowest BCUT2D eigenvalue weighted by molar-refractivity contribution is 0.122. The van der Waals surface area contributed by atoms with E-state index in [1.807, 2.05) is 20.8 Å². The Bertz CT molecular complexity index is 574. The first kappa shape index (κ1) is 14.1. The molecule has 1 aromatic heterocycles. The van der Waals surface area contributed by atoms with Gasteiger partial charge in [0.2, 0.25) is 0 Å². The largest absolute Gasteiger partial charge is 0.485 e. The third-order valence-electron chi connectivity index (χ3n) is 2.33. The van der Waals surface area contributed by atoms with E-state index in [1.165, 1.54) is 12.3 Å². The fraction of sp³-hybridized carbons (Fsp3) is 0.583. The predicted octanol–water partition coefficient (Wildman–Crippen LogP) is 1.45. The average molecular weight is 286 g/mol. The summed E-state index contributed by atoms with van der Waals surface area (Å²) in [5, 5.41) is 4.84. The van der Waals surface area contributed by atoms with Gasteiger partial charge in [0.05, 0.1) is 12.3 Å². The van der Waals surface area contributed by atoms with Crippen LogP contribution in [0.15, 0.2) is 17.3 Å². The van der Waals surface area contributed by atoms with Gasteiger partial charge in [-0.05, 0) is 33.6 Å². The Labute approximate surface area is 113 Å². The Morgan fingerprint density at radius 1 is 1.32 bits per heavy atom. The lowest BCUT2D eigenvalue weighted by Gasteiger charge is -2.23. The van der Waals surface area contributed by atoms with Gasteiger partial charge in [-0.3, -0.25) is 0 Å². The van der Waals surface area contributed by atoms with Crippen molar-refractivity contribution in [1.82, 2.24) is 4.98 Å². The molecular weight excluding hydrogens is 268 g/mol. The fourth-order valence-electron chi connectivity index (χ4n) is 1.43. The quantitative estimate of drug-likeness (QED) is 0.904. The minimum Gasteiger partial charge on any atom is -0.485 e.